The molecule has 1 saturated heterocycles. The summed E-state index contributed by atoms with van der Waals surface area (Å²) in [5, 5.41) is 12.8. The normalized spacial score (nSPS) is 23.2. The number of nitrogens with zero attached hydrogens (tertiary/aromatic N) is 3. The number of carbonyl (C=O) groups excluding carboxylic acids is 1. The van der Waals surface area contributed by atoms with Gasteiger partial charge in [-0.15, -0.1) is 0 Å². The maximum atomic E-state index is 12.6. The quantitative estimate of drug-likeness (QED) is 0.795. The zero-order valence-corrected chi connectivity index (χ0v) is 11.9. The van der Waals surface area contributed by atoms with E-state index in [0.29, 0.717) is 37.1 Å². The highest BCUT2D eigenvalue weighted by Crippen LogP contribution is 2.22. The highest BCUT2D eigenvalue weighted by Gasteiger charge is 2.28. The fourth-order valence-electron chi connectivity index (χ4n) is 2.71. The second-order valence-corrected chi connectivity index (χ2v) is 5.77. The highest BCUT2D eigenvalue weighted by molar-refractivity contribution is 5.99. The standard InChI is InChI=1S/C14H18N4O3/c1-14(21)4-2-7-17(8-5-14)13(20)10-9-16-18-11(19)3-6-15-12(10)18/h3,6,9,16,21H,2,4-5,7-8H2,1H3. The first-order valence-corrected chi connectivity index (χ1v) is 7.05. The largest absolute Gasteiger partial charge is 0.390 e. The van der Waals surface area contributed by atoms with E-state index in [9.17, 15) is 14.7 Å². The van der Waals surface area contributed by atoms with Crippen molar-refractivity contribution < 1.29 is 9.90 Å². The molecular weight excluding hydrogens is 272 g/mol. The van der Waals surface area contributed by atoms with Gasteiger partial charge in [-0.3, -0.25) is 14.7 Å². The predicted octanol–water partition coefficient (Wildman–Crippen LogP) is 0.400. The molecule has 1 unspecified atom stereocenters. The van der Waals surface area contributed by atoms with Gasteiger partial charge < -0.3 is 10.0 Å². The molecule has 0 bridgehead atoms. The number of nitrogens with one attached hydrogen (secondary N) is 1. The van der Waals surface area contributed by atoms with Crippen molar-refractivity contribution in [1.82, 2.24) is 19.5 Å². The molecule has 1 aliphatic rings. The van der Waals surface area contributed by atoms with Crippen LogP contribution in [0.3, 0.4) is 0 Å². The molecule has 1 amide bonds. The van der Waals surface area contributed by atoms with Crippen LogP contribution in [-0.4, -0.2) is 49.2 Å². The molecule has 0 aliphatic carbocycles. The average molecular weight is 290 g/mol. The minimum Gasteiger partial charge on any atom is -0.390 e. The van der Waals surface area contributed by atoms with Gasteiger partial charge in [0.2, 0.25) is 0 Å². The second-order valence-electron chi connectivity index (χ2n) is 5.77. The lowest BCUT2D eigenvalue weighted by Gasteiger charge is -2.22. The smallest absolute Gasteiger partial charge is 0.272 e. The Morgan fingerprint density at radius 2 is 2.24 bits per heavy atom. The summed E-state index contributed by atoms with van der Waals surface area (Å²) in [5.41, 5.74) is -0.250. The molecule has 7 heteroatoms. The number of H-pyrrole nitrogens is 1. The summed E-state index contributed by atoms with van der Waals surface area (Å²) in [7, 11) is 0. The molecule has 2 N–H and O–H groups in total. The fraction of sp³-hybridized carbons (Fsp3) is 0.500. The number of likely N-dealkylation sites (tertiary alicyclic amines) is 1. The molecule has 2 aromatic rings. The first kappa shape index (κ1) is 13.8. The van der Waals surface area contributed by atoms with Gasteiger partial charge in [-0.05, 0) is 26.2 Å². The van der Waals surface area contributed by atoms with E-state index in [2.05, 4.69) is 10.1 Å². The first-order chi connectivity index (χ1) is 9.98. The van der Waals surface area contributed by atoms with Crippen LogP contribution in [0.1, 0.15) is 36.5 Å². The van der Waals surface area contributed by atoms with Gasteiger partial charge in [-0.25, -0.2) is 9.50 Å². The Labute approximate surface area is 121 Å². The molecule has 3 rings (SSSR count). The van der Waals surface area contributed by atoms with E-state index in [1.165, 1.54) is 23.0 Å². The van der Waals surface area contributed by atoms with Crippen LogP contribution in [0.4, 0.5) is 0 Å². The van der Waals surface area contributed by atoms with Crippen molar-refractivity contribution in [2.45, 2.75) is 31.8 Å². The summed E-state index contributed by atoms with van der Waals surface area (Å²) in [6, 6.07) is 1.33. The maximum Gasteiger partial charge on any atom is 0.272 e. The third kappa shape index (κ3) is 2.56. The van der Waals surface area contributed by atoms with Crippen LogP contribution in [-0.2, 0) is 0 Å². The summed E-state index contributed by atoms with van der Waals surface area (Å²) in [6.45, 7) is 2.90. The maximum absolute atomic E-state index is 12.6. The van der Waals surface area contributed by atoms with Crippen molar-refractivity contribution in [3.8, 4) is 0 Å². The number of hydrogen-bond donors (Lipinski definition) is 2. The lowest BCUT2D eigenvalue weighted by atomic mass is 9.98. The van der Waals surface area contributed by atoms with Crippen LogP contribution < -0.4 is 5.56 Å². The lowest BCUT2D eigenvalue weighted by Crippen LogP contribution is -2.33. The van der Waals surface area contributed by atoms with Gasteiger partial charge in [0.05, 0.1) is 5.60 Å². The molecule has 0 spiro atoms. The molecule has 1 atom stereocenters. The summed E-state index contributed by atoms with van der Waals surface area (Å²) < 4.78 is 1.25. The zero-order chi connectivity index (χ0) is 15.0. The van der Waals surface area contributed by atoms with E-state index >= 15 is 0 Å². The van der Waals surface area contributed by atoms with Gasteiger partial charge in [0, 0.05) is 31.5 Å². The van der Waals surface area contributed by atoms with Crippen molar-refractivity contribution in [3.05, 3.63) is 34.4 Å². The van der Waals surface area contributed by atoms with Gasteiger partial charge in [-0.2, -0.15) is 0 Å². The van der Waals surface area contributed by atoms with Crippen molar-refractivity contribution in [2.24, 2.45) is 0 Å². The fourth-order valence-corrected chi connectivity index (χ4v) is 2.71. The van der Waals surface area contributed by atoms with Crippen LogP contribution in [0.5, 0.6) is 0 Å². The van der Waals surface area contributed by atoms with E-state index in [1.54, 1.807) is 11.8 Å². The van der Waals surface area contributed by atoms with E-state index in [1.807, 2.05) is 0 Å². The Morgan fingerprint density at radius 3 is 3.05 bits per heavy atom. The molecule has 2 aromatic heterocycles. The topological polar surface area (TPSA) is 90.7 Å². The minimum absolute atomic E-state index is 0.162. The predicted molar refractivity (Wildman–Crippen MR) is 76.2 cm³/mol. The van der Waals surface area contributed by atoms with Crippen molar-refractivity contribution in [1.29, 1.82) is 0 Å². The number of rotatable bonds is 1. The third-order valence-electron chi connectivity index (χ3n) is 4.01. The van der Waals surface area contributed by atoms with Crippen LogP contribution in [0.25, 0.3) is 5.65 Å². The van der Waals surface area contributed by atoms with E-state index in [0.717, 1.165) is 6.42 Å². The number of aliphatic hydroxyl groups is 1. The van der Waals surface area contributed by atoms with Crippen LogP contribution >= 0.6 is 0 Å². The molecule has 1 fully saturated rings. The van der Waals surface area contributed by atoms with Crippen LogP contribution in [0.2, 0.25) is 0 Å². The molecule has 21 heavy (non-hydrogen) atoms. The molecule has 7 nitrogen and oxygen atoms in total. The Kier molecular flexibility index (Phi) is 3.29. The van der Waals surface area contributed by atoms with Crippen LogP contribution in [0, 0.1) is 0 Å². The van der Waals surface area contributed by atoms with Gasteiger partial charge in [0.1, 0.15) is 5.56 Å². The van der Waals surface area contributed by atoms with E-state index < -0.39 is 5.60 Å². The summed E-state index contributed by atoms with van der Waals surface area (Å²) >= 11 is 0. The second kappa shape index (κ2) is 5.00. The van der Waals surface area contributed by atoms with Crippen LogP contribution in [0.15, 0.2) is 23.3 Å². The van der Waals surface area contributed by atoms with E-state index in [4.69, 9.17) is 0 Å². The Hall–Kier alpha value is -2.15. The number of hydrogen-bond acceptors (Lipinski definition) is 4. The molecular formula is C14H18N4O3. The van der Waals surface area contributed by atoms with Gasteiger partial charge >= 0.3 is 0 Å². The molecule has 0 radical (unpaired) electrons. The molecule has 0 saturated carbocycles. The zero-order valence-electron chi connectivity index (χ0n) is 11.9. The van der Waals surface area contributed by atoms with Gasteiger partial charge in [-0.1, -0.05) is 0 Å². The summed E-state index contributed by atoms with van der Waals surface area (Å²) in [5.74, 6) is -0.162. The molecule has 112 valence electrons. The number of aromatic amines is 1. The van der Waals surface area contributed by atoms with Gasteiger partial charge in [0.25, 0.3) is 11.5 Å². The summed E-state index contributed by atoms with van der Waals surface area (Å²) in [4.78, 5) is 30.1. The van der Waals surface area contributed by atoms with Gasteiger partial charge in [0.15, 0.2) is 5.65 Å². The number of carbonyl (C=O) groups is 1. The van der Waals surface area contributed by atoms with E-state index in [-0.39, 0.29) is 11.5 Å². The van der Waals surface area contributed by atoms with Crippen molar-refractivity contribution in [2.75, 3.05) is 13.1 Å². The summed E-state index contributed by atoms with van der Waals surface area (Å²) in [6.07, 6.45) is 4.90. The van der Waals surface area contributed by atoms with Crippen molar-refractivity contribution in [3.63, 3.8) is 0 Å². The molecule has 3 heterocycles. The van der Waals surface area contributed by atoms with Crippen molar-refractivity contribution >= 4 is 11.6 Å². The highest BCUT2D eigenvalue weighted by atomic mass is 16.3. The SMILES string of the molecule is CC1(O)CCCN(C(=O)c2c[nH]n3c(=O)ccnc23)CC1. The number of aromatic nitrogens is 3. The molecule has 1 aliphatic heterocycles. The minimum atomic E-state index is -0.718. The Balaban J connectivity index is 1.90. The Morgan fingerprint density at radius 1 is 1.43 bits per heavy atom. The lowest BCUT2D eigenvalue weighted by molar-refractivity contribution is 0.0438. The first-order valence-electron chi connectivity index (χ1n) is 7.05. The average Bonchev–Trinajstić information content (AvgIpc) is 2.78. The monoisotopic (exact) mass is 290 g/mol. The number of fused-ring (bicyclic) bond motifs is 1. The number of amides is 1. The Bertz CT molecular complexity index is 731. The third-order valence-corrected chi connectivity index (χ3v) is 4.01. The molecule has 0 aromatic carbocycles.